The molecule has 1 N–H and O–H groups in total. The van der Waals surface area contributed by atoms with Gasteiger partial charge >= 0.3 is 5.97 Å². The first kappa shape index (κ1) is 10.4. The zero-order valence-corrected chi connectivity index (χ0v) is 8.30. The summed E-state index contributed by atoms with van der Waals surface area (Å²) in [4.78, 5) is 34.4. The van der Waals surface area contributed by atoms with E-state index in [1.54, 1.807) is 0 Å². The minimum Gasteiger partial charge on any atom is -0.478 e. The van der Waals surface area contributed by atoms with Crippen molar-refractivity contribution in [3.05, 3.63) is 23.7 Å². The van der Waals surface area contributed by atoms with Gasteiger partial charge in [-0.3, -0.25) is 14.5 Å². The fourth-order valence-corrected chi connectivity index (χ4v) is 1.60. The summed E-state index contributed by atoms with van der Waals surface area (Å²) in [5.74, 6) is -1.60. The van der Waals surface area contributed by atoms with E-state index in [2.05, 4.69) is 0 Å². The van der Waals surface area contributed by atoms with E-state index >= 15 is 0 Å². The SMILES string of the molecule is O=C(O)c1ccoc1CN1C(=O)CCC1=O. The molecule has 0 radical (unpaired) electrons. The van der Waals surface area contributed by atoms with E-state index < -0.39 is 5.97 Å². The molecule has 2 amide bonds. The maximum Gasteiger partial charge on any atom is 0.339 e. The van der Waals surface area contributed by atoms with Gasteiger partial charge in [0.2, 0.25) is 11.8 Å². The second kappa shape index (κ2) is 3.80. The summed E-state index contributed by atoms with van der Waals surface area (Å²) in [7, 11) is 0. The standard InChI is InChI=1S/C10H9NO5/c12-8-1-2-9(13)11(8)5-7-6(10(14)15)3-4-16-7/h3-4H,1-2,5H2,(H,14,15). The van der Waals surface area contributed by atoms with Crippen LogP contribution in [0.15, 0.2) is 16.7 Å². The lowest BCUT2D eigenvalue weighted by Gasteiger charge is -2.11. The van der Waals surface area contributed by atoms with E-state index in [0.717, 1.165) is 4.90 Å². The van der Waals surface area contributed by atoms with Crippen LogP contribution < -0.4 is 0 Å². The van der Waals surface area contributed by atoms with Gasteiger partial charge in [0.05, 0.1) is 12.8 Å². The number of hydrogen-bond acceptors (Lipinski definition) is 4. The molecule has 84 valence electrons. The Morgan fingerprint density at radius 2 is 2.00 bits per heavy atom. The van der Waals surface area contributed by atoms with Crippen molar-refractivity contribution in [2.24, 2.45) is 0 Å². The first-order valence-electron chi connectivity index (χ1n) is 4.72. The van der Waals surface area contributed by atoms with Crippen molar-refractivity contribution in [3.8, 4) is 0 Å². The third-order valence-corrected chi connectivity index (χ3v) is 2.43. The summed E-state index contributed by atoms with van der Waals surface area (Å²) >= 11 is 0. The largest absolute Gasteiger partial charge is 0.478 e. The number of furan rings is 1. The number of carbonyl (C=O) groups is 3. The molecule has 0 spiro atoms. The van der Waals surface area contributed by atoms with Crippen LogP contribution in [-0.2, 0) is 16.1 Å². The molecule has 1 aliphatic heterocycles. The quantitative estimate of drug-likeness (QED) is 0.759. The second-order valence-electron chi connectivity index (χ2n) is 3.44. The second-order valence-corrected chi connectivity index (χ2v) is 3.44. The van der Waals surface area contributed by atoms with Crippen molar-refractivity contribution < 1.29 is 23.9 Å². The van der Waals surface area contributed by atoms with Gasteiger partial charge < -0.3 is 9.52 Å². The number of carbonyl (C=O) groups excluding carboxylic acids is 2. The van der Waals surface area contributed by atoms with Crippen molar-refractivity contribution in [2.75, 3.05) is 0 Å². The van der Waals surface area contributed by atoms with Crippen LogP contribution in [0.5, 0.6) is 0 Å². The molecule has 0 aliphatic carbocycles. The number of carboxylic acids is 1. The van der Waals surface area contributed by atoms with Crippen molar-refractivity contribution in [1.82, 2.24) is 4.90 Å². The molecule has 2 rings (SSSR count). The fourth-order valence-electron chi connectivity index (χ4n) is 1.60. The number of likely N-dealkylation sites (tertiary alicyclic amines) is 1. The Morgan fingerprint density at radius 1 is 1.38 bits per heavy atom. The predicted molar refractivity (Wildman–Crippen MR) is 50.5 cm³/mol. The molecule has 6 heteroatoms. The predicted octanol–water partition coefficient (Wildman–Crippen LogP) is 0.627. The fraction of sp³-hybridized carbons (Fsp3) is 0.300. The Morgan fingerprint density at radius 3 is 2.56 bits per heavy atom. The molecule has 16 heavy (non-hydrogen) atoms. The van der Waals surface area contributed by atoms with E-state index in [1.165, 1.54) is 12.3 Å². The maximum absolute atomic E-state index is 11.3. The molecule has 1 fully saturated rings. The van der Waals surface area contributed by atoms with E-state index in [0.29, 0.717) is 0 Å². The molecule has 0 saturated carbocycles. The monoisotopic (exact) mass is 223 g/mol. The Balaban J connectivity index is 2.20. The number of amides is 2. The summed E-state index contributed by atoms with van der Waals surface area (Å²) in [5, 5.41) is 8.81. The average Bonchev–Trinajstić information content (AvgIpc) is 2.80. The molecular weight excluding hydrogens is 214 g/mol. The summed E-state index contributed by atoms with van der Waals surface area (Å²) in [6.07, 6.45) is 1.59. The zero-order chi connectivity index (χ0) is 11.7. The van der Waals surface area contributed by atoms with Gasteiger partial charge in [0.1, 0.15) is 11.3 Å². The molecule has 1 aromatic rings. The molecule has 1 aromatic heterocycles. The topological polar surface area (TPSA) is 87.8 Å². The Labute approximate surface area is 90.4 Å². The summed E-state index contributed by atoms with van der Waals surface area (Å²) in [6.45, 7) is -0.105. The van der Waals surface area contributed by atoms with E-state index in [-0.39, 0.29) is 42.5 Å². The molecule has 0 aromatic carbocycles. The zero-order valence-electron chi connectivity index (χ0n) is 8.30. The van der Waals surface area contributed by atoms with Gasteiger partial charge in [0, 0.05) is 12.8 Å². The number of rotatable bonds is 3. The highest BCUT2D eigenvalue weighted by Crippen LogP contribution is 2.18. The minimum atomic E-state index is -1.14. The molecule has 0 unspecified atom stereocenters. The molecule has 6 nitrogen and oxygen atoms in total. The lowest BCUT2D eigenvalue weighted by molar-refractivity contribution is -0.139. The van der Waals surface area contributed by atoms with Crippen LogP contribution in [0.1, 0.15) is 29.0 Å². The normalized spacial score (nSPS) is 15.9. The lowest BCUT2D eigenvalue weighted by atomic mass is 10.2. The molecule has 2 heterocycles. The van der Waals surface area contributed by atoms with E-state index in [4.69, 9.17) is 9.52 Å². The molecule has 1 aliphatic rings. The summed E-state index contributed by atoms with van der Waals surface area (Å²) in [6, 6.07) is 1.29. The van der Waals surface area contributed by atoms with Gasteiger partial charge in [-0.25, -0.2) is 4.79 Å². The van der Waals surface area contributed by atoms with E-state index in [1.807, 2.05) is 0 Å². The third-order valence-electron chi connectivity index (χ3n) is 2.43. The van der Waals surface area contributed by atoms with Gasteiger partial charge in [-0.15, -0.1) is 0 Å². The van der Waals surface area contributed by atoms with Crippen LogP contribution >= 0.6 is 0 Å². The number of aromatic carboxylic acids is 1. The lowest BCUT2D eigenvalue weighted by Crippen LogP contribution is -2.28. The van der Waals surface area contributed by atoms with Crippen molar-refractivity contribution in [1.29, 1.82) is 0 Å². The van der Waals surface area contributed by atoms with Crippen LogP contribution in [0.25, 0.3) is 0 Å². The molecule has 0 bridgehead atoms. The van der Waals surface area contributed by atoms with Crippen molar-refractivity contribution in [2.45, 2.75) is 19.4 Å². The van der Waals surface area contributed by atoms with E-state index in [9.17, 15) is 14.4 Å². The van der Waals surface area contributed by atoms with Gasteiger partial charge in [-0.2, -0.15) is 0 Å². The minimum absolute atomic E-state index is 0.0208. The molecular formula is C10H9NO5. The Bertz CT molecular complexity index is 446. The highest BCUT2D eigenvalue weighted by Gasteiger charge is 2.30. The summed E-state index contributed by atoms with van der Waals surface area (Å²) < 4.78 is 4.96. The van der Waals surface area contributed by atoms with Crippen LogP contribution in [0.3, 0.4) is 0 Å². The number of carboxylic acid groups (broad SMARTS) is 1. The number of hydrogen-bond donors (Lipinski definition) is 1. The Hall–Kier alpha value is -2.11. The number of imide groups is 1. The van der Waals surface area contributed by atoms with Gasteiger partial charge in [0.15, 0.2) is 0 Å². The van der Waals surface area contributed by atoms with Crippen LogP contribution in [-0.4, -0.2) is 27.8 Å². The summed E-state index contributed by atoms with van der Waals surface area (Å²) in [5.41, 5.74) is -0.0208. The van der Waals surface area contributed by atoms with Crippen LogP contribution in [0, 0.1) is 0 Å². The van der Waals surface area contributed by atoms with Crippen LogP contribution in [0.2, 0.25) is 0 Å². The van der Waals surface area contributed by atoms with Gasteiger partial charge in [-0.05, 0) is 6.07 Å². The third kappa shape index (κ3) is 1.69. The smallest absolute Gasteiger partial charge is 0.339 e. The van der Waals surface area contributed by atoms with Crippen molar-refractivity contribution >= 4 is 17.8 Å². The van der Waals surface area contributed by atoms with Gasteiger partial charge in [-0.1, -0.05) is 0 Å². The highest BCUT2D eigenvalue weighted by molar-refractivity contribution is 6.02. The van der Waals surface area contributed by atoms with Gasteiger partial charge in [0.25, 0.3) is 0 Å². The average molecular weight is 223 g/mol. The van der Waals surface area contributed by atoms with Crippen LogP contribution in [0.4, 0.5) is 0 Å². The number of nitrogens with zero attached hydrogens (tertiary/aromatic N) is 1. The Kier molecular flexibility index (Phi) is 2.47. The first-order chi connectivity index (χ1) is 7.59. The molecule has 1 saturated heterocycles. The molecule has 0 atom stereocenters. The first-order valence-corrected chi connectivity index (χ1v) is 4.72. The highest BCUT2D eigenvalue weighted by atomic mass is 16.4. The van der Waals surface area contributed by atoms with Crippen molar-refractivity contribution in [3.63, 3.8) is 0 Å². The maximum atomic E-state index is 11.3.